The van der Waals surface area contributed by atoms with Crippen molar-refractivity contribution in [1.82, 2.24) is 0 Å². The molecule has 0 saturated heterocycles. The average Bonchev–Trinajstić information content (AvgIpc) is 3.04. The first-order chi connectivity index (χ1) is 13.7. The molecule has 0 heterocycles. The quantitative estimate of drug-likeness (QED) is 0.380. The number of carbonyl (C=O) groups excluding carboxylic acids is 1. The van der Waals surface area contributed by atoms with Gasteiger partial charge in [0.1, 0.15) is 5.78 Å². The Morgan fingerprint density at radius 3 is 2.62 bits per heavy atom. The molecule has 4 aliphatic rings. The van der Waals surface area contributed by atoms with Gasteiger partial charge in [0.05, 0.1) is 19.0 Å². The summed E-state index contributed by atoms with van der Waals surface area (Å²) in [6.07, 6.45) is 10.1. The van der Waals surface area contributed by atoms with E-state index < -0.39 is 9.15 Å². The molecule has 0 aromatic rings. The number of halogens is 1. The fraction of sp³-hybridized carbons (Fsp3) is 0.857. The summed E-state index contributed by atoms with van der Waals surface area (Å²) in [5.41, 5.74) is 1.42. The van der Waals surface area contributed by atoms with Crippen molar-refractivity contribution in [3.63, 3.8) is 0 Å². The maximum atomic E-state index is 12.7. The van der Waals surface area contributed by atoms with Gasteiger partial charge >= 0.3 is 9.15 Å². The summed E-state index contributed by atoms with van der Waals surface area (Å²) >= 11 is 0. The highest BCUT2D eigenvalue weighted by molar-refractivity contribution is 8.70. The van der Waals surface area contributed by atoms with Crippen molar-refractivity contribution in [1.29, 1.82) is 0 Å². The second-order valence-corrected chi connectivity index (χ2v) is 12.7. The fourth-order valence-corrected chi connectivity index (χ4v) is 8.27. The summed E-state index contributed by atoms with van der Waals surface area (Å²) in [5.74, 6) is 2.17. The number of fused-ring (bicyclic) bond motifs is 5. The van der Waals surface area contributed by atoms with Crippen LogP contribution in [0, 0.1) is 35.0 Å². The van der Waals surface area contributed by atoms with Crippen LogP contribution in [0.3, 0.4) is 0 Å². The summed E-state index contributed by atoms with van der Waals surface area (Å²) < 4.78 is 40.4. The maximum absolute atomic E-state index is 12.7. The van der Waals surface area contributed by atoms with Crippen molar-refractivity contribution in [2.75, 3.05) is 12.9 Å². The molecule has 5 nitrogen and oxygen atoms in total. The molecule has 3 saturated carbocycles. The van der Waals surface area contributed by atoms with E-state index in [9.17, 15) is 22.7 Å². The van der Waals surface area contributed by atoms with Gasteiger partial charge in [-0.15, -0.1) is 0 Å². The molecule has 8 heteroatoms. The zero-order valence-electron chi connectivity index (χ0n) is 17.2. The molecule has 0 radical (unpaired) electrons. The number of alkyl halides is 1. The summed E-state index contributed by atoms with van der Waals surface area (Å²) in [5, 5.41) is 10.00. The molecule has 3 fully saturated rings. The Bertz CT molecular complexity index is 752. The Labute approximate surface area is 177 Å². The minimum absolute atomic E-state index is 0.0195. The first-order valence-corrected chi connectivity index (χ1v) is 13.5. The van der Waals surface area contributed by atoms with Crippen molar-refractivity contribution in [3.05, 3.63) is 11.6 Å². The van der Waals surface area contributed by atoms with Gasteiger partial charge in [-0.3, -0.25) is 13.7 Å². The van der Waals surface area contributed by atoms with Crippen molar-refractivity contribution in [2.24, 2.45) is 35.0 Å². The second-order valence-electron chi connectivity index (χ2n) is 9.32. The van der Waals surface area contributed by atoms with E-state index in [-0.39, 0.29) is 29.0 Å². The van der Waals surface area contributed by atoms with Crippen molar-refractivity contribution in [2.45, 2.75) is 64.4 Å². The zero-order valence-corrected chi connectivity index (χ0v) is 18.9. The molecule has 4 aliphatic carbocycles. The van der Waals surface area contributed by atoms with Gasteiger partial charge in [-0.25, -0.2) is 0 Å². The van der Waals surface area contributed by atoms with Gasteiger partial charge in [0, 0.05) is 16.7 Å². The molecule has 0 amide bonds. The standard InChI is InChI=1S/C20H30O5S2.CH3F/c1-20-9-8-15-14-5-3-13(21)10-12(14)2-4-16(15)17(20)6-7-18(20)19(22)11-26-27(23,24)25;1-2/h2,13-18,21H,3-11H2,1H3,(H,23,24,25);1H3. The Balaban J connectivity index is 0.00000117. The number of hydrogen-bond donors (Lipinski definition) is 2. The number of allylic oxidation sites excluding steroid dienone is 1. The lowest BCUT2D eigenvalue weighted by Gasteiger charge is -2.53. The smallest absolute Gasteiger partial charge is 0.320 e. The predicted octanol–water partition coefficient (Wildman–Crippen LogP) is 4.23. The number of aliphatic hydroxyl groups is 1. The molecule has 4 rings (SSSR count). The molecule has 7 atom stereocenters. The highest BCUT2D eigenvalue weighted by Crippen LogP contribution is 2.63. The number of aliphatic hydroxyl groups excluding tert-OH is 1. The SMILES string of the molecule is CC12CCC3C4CCC(O)CC4=CCC3C1CCC2C(=O)CSS(=O)(=O)O.CF. The van der Waals surface area contributed by atoms with Gasteiger partial charge in [0.2, 0.25) is 0 Å². The van der Waals surface area contributed by atoms with E-state index in [1.807, 2.05) is 0 Å². The van der Waals surface area contributed by atoms with Gasteiger partial charge in [-0.05, 0) is 80.5 Å². The zero-order chi connectivity index (χ0) is 21.4. The lowest BCUT2D eigenvalue weighted by atomic mass is 9.51. The third-order valence-electron chi connectivity index (χ3n) is 8.16. The van der Waals surface area contributed by atoms with Crippen molar-refractivity contribution in [3.8, 4) is 0 Å². The number of carbonyl (C=O) groups is 1. The summed E-state index contributed by atoms with van der Waals surface area (Å²) in [7, 11) is -3.32. The molecular weight excluding hydrogens is 415 g/mol. The normalized spacial score (nSPS) is 41.2. The van der Waals surface area contributed by atoms with Gasteiger partial charge < -0.3 is 5.11 Å². The van der Waals surface area contributed by atoms with Crippen LogP contribution in [-0.2, 0) is 13.9 Å². The third kappa shape index (κ3) is 4.60. The van der Waals surface area contributed by atoms with E-state index >= 15 is 0 Å². The maximum Gasteiger partial charge on any atom is 0.320 e. The van der Waals surface area contributed by atoms with Crippen molar-refractivity contribution >= 4 is 25.7 Å². The van der Waals surface area contributed by atoms with Gasteiger partial charge in [-0.1, -0.05) is 18.6 Å². The summed E-state index contributed by atoms with van der Waals surface area (Å²) in [6, 6.07) is 0. The van der Waals surface area contributed by atoms with Crippen molar-refractivity contribution < 1.29 is 27.3 Å². The monoisotopic (exact) mass is 448 g/mol. The third-order valence-corrected chi connectivity index (χ3v) is 10.1. The number of ketones is 1. The van der Waals surface area contributed by atoms with Gasteiger partial charge in [-0.2, -0.15) is 8.42 Å². The summed E-state index contributed by atoms with van der Waals surface area (Å²) in [6.45, 7) is 2.24. The predicted molar refractivity (Wildman–Crippen MR) is 113 cm³/mol. The average molecular weight is 449 g/mol. The Hall–Kier alpha value is -0.440. The van der Waals surface area contributed by atoms with Crippen LogP contribution in [0.1, 0.15) is 58.3 Å². The molecule has 0 aromatic carbocycles. The highest BCUT2D eigenvalue weighted by Gasteiger charge is 2.57. The molecule has 166 valence electrons. The lowest BCUT2D eigenvalue weighted by Crippen LogP contribution is -2.47. The van der Waals surface area contributed by atoms with E-state index in [1.165, 1.54) is 5.57 Å². The van der Waals surface area contributed by atoms with Gasteiger partial charge in [0.25, 0.3) is 0 Å². The van der Waals surface area contributed by atoms with Crippen LogP contribution < -0.4 is 0 Å². The van der Waals surface area contributed by atoms with Crippen LogP contribution in [0.15, 0.2) is 11.6 Å². The van der Waals surface area contributed by atoms with E-state index in [0.717, 1.165) is 51.4 Å². The second kappa shape index (κ2) is 8.97. The van der Waals surface area contributed by atoms with E-state index in [1.54, 1.807) is 0 Å². The first kappa shape index (κ1) is 23.2. The Morgan fingerprint density at radius 1 is 1.21 bits per heavy atom. The van der Waals surface area contributed by atoms with Crippen LogP contribution in [0.5, 0.6) is 0 Å². The molecule has 0 aromatic heterocycles. The Kier molecular flexibility index (Phi) is 7.18. The van der Waals surface area contributed by atoms with E-state index in [2.05, 4.69) is 13.0 Å². The molecule has 0 spiro atoms. The number of hydrogen-bond acceptors (Lipinski definition) is 5. The molecular formula is C21H33FO5S2. The van der Waals surface area contributed by atoms with Crippen LogP contribution in [0.25, 0.3) is 0 Å². The first-order valence-electron chi connectivity index (χ1n) is 10.6. The molecule has 2 N–H and O–H groups in total. The largest absolute Gasteiger partial charge is 0.393 e. The minimum atomic E-state index is -4.17. The van der Waals surface area contributed by atoms with E-state index in [4.69, 9.17) is 4.55 Å². The van der Waals surface area contributed by atoms with E-state index in [0.29, 0.717) is 41.6 Å². The van der Waals surface area contributed by atoms with Crippen LogP contribution in [-0.4, -0.2) is 42.9 Å². The van der Waals surface area contributed by atoms with Crippen LogP contribution in [0.4, 0.5) is 4.39 Å². The van der Waals surface area contributed by atoms with Gasteiger partial charge in [0.15, 0.2) is 0 Å². The topological polar surface area (TPSA) is 91.7 Å². The molecule has 7 unspecified atom stereocenters. The highest BCUT2D eigenvalue weighted by atomic mass is 33.1. The number of Topliss-reactive ketones (excluding diaryl/α,β-unsaturated/α-hetero) is 1. The molecule has 0 aliphatic heterocycles. The summed E-state index contributed by atoms with van der Waals surface area (Å²) in [4.78, 5) is 12.7. The van der Waals surface area contributed by atoms with Crippen LogP contribution >= 0.6 is 10.8 Å². The molecule has 29 heavy (non-hydrogen) atoms. The van der Waals surface area contributed by atoms with Crippen LogP contribution in [0.2, 0.25) is 0 Å². The minimum Gasteiger partial charge on any atom is -0.393 e. The lowest BCUT2D eigenvalue weighted by molar-refractivity contribution is -0.126. The Morgan fingerprint density at radius 2 is 1.93 bits per heavy atom. The number of rotatable bonds is 4. The fourth-order valence-electron chi connectivity index (χ4n) is 7.01. The molecule has 0 bridgehead atoms.